The molecule has 0 aliphatic rings. The van der Waals surface area contributed by atoms with E-state index in [0.29, 0.717) is 12.0 Å². The molecular weight excluding hydrogens is 381 g/mol. The molecule has 1 aromatic heterocycles. The van der Waals surface area contributed by atoms with Crippen LogP contribution in [0.3, 0.4) is 0 Å². The number of aromatic amines is 1. The van der Waals surface area contributed by atoms with Crippen molar-refractivity contribution in [2.75, 3.05) is 4.90 Å². The summed E-state index contributed by atoms with van der Waals surface area (Å²) in [5.41, 5.74) is -1.26. The van der Waals surface area contributed by atoms with Crippen LogP contribution in [-0.4, -0.2) is 16.6 Å². The Morgan fingerprint density at radius 2 is 1.79 bits per heavy atom. The lowest BCUT2D eigenvalue weighted by Gasteiger charge is -2.21. The molecule has 0 unspecified atom stereocenters. The molecule has 0 saturated carbocycles. The van der Waals surface area contributed by atoms with Gasteiger partial charge in [-0.3, -0.25) is 14.8 Å². The zero-order valence-electron chi connectivity index (χ0n) is 14.7. The van der Waals surface area contributed by atoms with Gasteiger partial charge in [-0.15, -0.1) is 0 Å². The van der Waals surface area contributed by atoms with Crippen molar-refractivity contribution in [2.24, 2.45) is 0 Å². The molecule has 4 nitrogen and oxygen atoms in total. The molecule has 2 aromatic carbocycles. The second-order valence-corrected chi connectivity index (χ2v) is 6.11. The molecule has 3 aromatic rings. The second kappa shape index (κ2) is 7.06. The number of carbonyl (C=O) groups excluding carboxylic acids is 1. The summed E-state index contributed by atoms with van der Waals surface area (Å²) in [6, 6.07) is 7.66. The van der Waals surface area contributed by atoms with Crippen LogP contribution in [0.4, 0.5) is 33.3 Å². The average molecular weight is 395 g/mol. The fourth-order valence-corrected chi connectivity index (χ4v) is 2.95. The number of rotatable bonds is 4. The quantitative estimate of drug-likeness (QED) is 0.482. The fraction of sp³-hybridized carbons (Fsp3) is 0.158. The summed E-state index contributed by atoms with van der Waals surface area (Å²) >= 11 is 0. The third kappa shape index (κ3) is 3.35. The number of para-hydroxylation sites is 1. The van der Waals surface area contributed by atoms with Crippen LogP contribution in [0.15, 0.2) is 36.4 Å². The summed E-state index contributed by atoms with van der Waals surface area (Å²) in [5.74, 6) is -1.57. The number of carbonyl (C=O) groups is 1. The Hall–Kier alpha value is -3.23. The topological polar surface area (TPSA) is 49.0 Å². The predicted molar refractivity (Wildman–Crippen MR) is 93.1 cm³/mol. The van der Waals surface area contributed by atoms with Gasteiger partial charge in [0.15, 0.2) is 0 Å². The van der Waals surface area contributed by atoms with Crippen LogP contribution < -0.4 is 4.90 Å². The first-order valence-corrected chi connectivity index (χ1v) is 8.07. The van der Waals surface area contributed by atoms with E-state index in [1.165, 1.54) is 25.1 Å². The first-order valence-electron chi connectivity index (χ1n) is 8.07. The summed E-state index contributed by atoms with van der Waals surface area (Å²) < 4.78 is 67.6. The van der Waals surface area contributed by atoms with Crippen molar-refractivity contribution < 1.29 is 26.7 Å². The van der Waals surface area contributed by atoms with Crippen LogP contribution in [0.5, 0.6) is 0 Å². The Kier molecular flexibility index (Phi) is 4.93. The Morgan fingerprint density at radius 3 is 2.32 bits per heavy atom. The predicted octanol–water partition coefficient (Wildman–Crippen LogP) is 5.29. The van der Waals surface area contributed by atoms with E-state index in [1.807, 2.05) is 5.10 Å². The molecule has 0 radical (unpaired) electrons. The molecule has 0 atom stereocenters. The maximum absolute atomic E-state index is 14.7. The molecule has 3 rings (SSSR count). The molecule has 0 bridgehead atoms. The van der Waals surface area contributed by atoms with Crippen LogP contribution in [-0.2, 0) is 11.0 Å². The normalized spacial score (nSPS) is 11.5. The first kappa shape index (κ1) is 19.5. The van der Waals surface area contributed by atoms with Crippen molar-refractivity contribution in [1.29, 1.82) is 0 Å². The average Bonchev–Trinajstić information content (AvgIpc) is 3.00. The Balaban J connectivity index is 2.06. The van der Waals surface area contributed by atoms with E-state index in [0.717, 1.165) is 17.0 Å². The second-order valence-electron chi connectivity index (χ2n) is 6.11. The van der Waals surface area contributed by atoms with E-state index in [9.17, 15) is 26.7 Å². The highest BCUT2D eigenvalue weighted by Crippen LogP contribution is 2.37. The number of aryl methyl sites for hydroxylation is 1. The van der Waals surface area contributed by atoms with Gasteiger partial charge < -0.3 is 0 Å². The maximum atomic E-state index is 14.7. The SMILES string of the molecule is Cc1cccc(F)c1N(C=O)c1ccc(-c2n[nH]c(C(F)(F)F)c2C)c(F)c1. The molecule has 0 aliphatic heterocycles. The minimum atomic E-state index is -4.65. The summed E-state index contributed by atoms with van der Waals surface area (Å²) in [4.78, 5) is 12.5. The molecule has 28 heavy (non-hydrogen) atoms. The molecular formula is C19H14F5N3O. The van der Waals surface area contributed by atoms with Crippen LogP contribution >= 0.6 is 0 Å². The fourth-order valence-electron chi connectivity index (χ4n) is 2.95. The number of amides is 1. The molecule has 1 N–H and O–H groups in total. The third-order valence-corrected chi connectivity index (χ3v) is 4.31. The minimum Gasteiger partial charge on any atom is -0.280 e. The highest BCUT2D eigenvalue weighted by molar-refractivity contribution is 5.88. The number of H-pyrrole nitrogens is 1. The van der Waals surface area contributed by atoms with Gasteiger partial charge in [-0.25, -0.2) is 8.78 Å². The maximum Gasteiger partial charge on any atom is 0.433 e. The van der Waals surface area contributed by atoms with E-state index in [2.05, 4.69) is 5.10 Å². The van der Waals surface area contributed by atoms with Crippen molar-refractivity contribution in [3.8, 4) is 11.3 Å². The van der Waals surface area contributed by atoms with E-state index < -0.39 is 23.5 Å². The first-order chi connectivity index (χ1) is 13.1. The number of anilines is 2. The molecule has 0 spiro atoms. The van der Waals surface area contributed by atoms with Crippen molar-refractivity contribution in [3.63, 3.8) is 0 Å². The number of hydrogen-bond donors (Lipinski definition) is 1. The standard InChI is InChI=1S/C19H14F5N3O/c1-10-4-3-5-14(20)17(10)27(9-28)12-6-7-13(15(21)8-12)16-11(2)18(26-25-16)19(22,23)24/h3-9H,1-2H3,(H,25,26). The van der Waals surface area contributed by atoms with Gasteiger partial charge in [0, 0.05) is 11.1 Å². The largest absolute Gasteiger partial charge is 0.433 e. The lowest BCUT2D eigenvalue weighted by Crippen LogP contribution is -2.17. The zero-order chi connectivity index (χ0) is 20.6. The Morgan fingerprint density at radius 1 is 1.07 bits per heavy atom. The number of benzene rings is 2. The molecule has 146 valence electrons. The molecule has 0 aliphatic carbocycles. The van der Waals surface area contributed by atoms with Gasteiger partial charge in [-0.1, -0.05) is 12.1 Å². The van der Waals surface area contributed by atoms with Crippen molar-refractivity contribution >= 4 is 17.8 Å². The molecule has 0 saturated heterocycles. The van der Waals surface area contributed by atoms with Crippen LogP contribution in [0.25, 0.3) is 11.3 Å². The van der Waals surface area contributed by atoms with Gasteiger partial charge in [0.05, 0.1) is 17.1 Å². The van der Waals surface area contributed by atoms with Gasteiger partial charge >= 0.3 is 6.18 Å². The van der Waals surface area contributed by atoms with Crippen molar-refractivity contribution in [2.45, 2.75) is 20.0 Å². The number of nitrogens with zero attached hydrogens (tertiary/aromatic N) is 2. The number of alkyl halides is 3. The minimum absolute atomic E-state index is 0.0219. The van der Waals surface area contributed by atoms with Gasteiger partial charge in [0.1, 0.15) is 17.3 Å². The van der Waals surface area contributed by atoms with Gasteiger partial charge in [0.25, 0.3) is 0 Å². The van der Waals surface area contributed by atoms with Crippen molar-refractivity contribution in [3.05, 3.63) is 64.9 Å². The van der Waals surface area contributed by atoms with E-state index in [1.54, 1.807) is 13.0 Å². The van der Waals surface area contributed by atoms with Crippen LogP contribution in [0.2, 0.25) is 0 Å². The molecule has 0 fully saturated rings. The molecule has 1 amide bonds. The van der Waals surface area contributed by atoms with Crippen molar-refractivity contribution in [1.82, 2.24) is 10.2 Å². The molecule has 9 heteroatoms. The highest BCUT2D eigenvalue weighted by Gasteiger charge is 2.36. The van der Waals surface area contributed by atoms with E-state index >= 15 is 0 Å². The summed E-state index contributed by atoms with van der Waals surface area (Å²) in [7, 11) is 0. The summed E-state index contributed by atoms with van der Waals surface area (Å²) in [5, 5.41) is 5.44. The zero-order valence-corrected chi connectivity index (χ0v) is 14.7. The Labute approximate surface area is 156 Å². The number of nitrogens with one attached hydrogen (secondary N) is 1. The van der Waals surface area contributed by atoms with Gasteiger partial charge in [0.2, 0.25) is 6.41 Å². The van der Waals surface area contributed by atoms with Gasteiger partial charge in [-0.2, -0.15) is 18.3 Å². The van der Waals surface area contributed by atoms with Crippen LogP contribution in [0.1, 0.15) is 16.8 Å². The summed E-state index contributed by atoms with van der Waals surface area (Å²) in [6.45, 7) is 2.76. The highest BCUT2D eigenvalue weighted by atomic mass is 19.4. The Bertz CT molecular complexity index is 1020. The summed E-state index contributed by atoms with van der Waals surface area (Å²) in [6.07, 6.45) is -4.32. The number of hydrogen-bond acceptors (Lipinski definition) is 2. The van der Waals surface area contributed by atoms with Gasteiger partial charge in [-0.05, 0) is 43.7 Å². The van der Waals surface area contributed by atoms with Crippen LogP contribution in [0, 0.1) is 25.5 Å². The monoisotopic (exact) mass is 395 g/mol. The van der Waals surface area contributed by atoms with E-state index in [-0.39, 0.29) is 28.2 Å². The smallest absolute Gasteiger partial charge is 0.280 e. The van der Waals surface area contributed by atoms with E-state index in [4.69, 9.17) is 0 Å². The lowest BCUT2D eigenvalue weighted by molar-refractivity contribution is -0.141. The molecule has 1 heterocycles. The number of halogens is 5. The number of aromatic nitrogens is 2. The lowest BCUT2D eigenvalue weighted by atomic mass is 10.0. The third-order valence-electron chi connectivity index (χ3n) is 4.31.